The molecule has 154 valence electrons. The number of amides is 1. The van der Waals surface area contributed by atoms with Gasteiger partial charge >= 0.3 is 0 Å². The number of carbonyl (C=O) groups excluding carboxylic acids is 1. The van der Waals surface area contributed by atoms with E-state index >= 15 is 0 Å². The fourth-order valence-electron chi connectivity index (χ4n) is 3.36. The van der Waals surface area contributed by atoms with Crippen LogP contribution in [0.15, 0.2) is 66.3 Å². The van der Waals surface area contributed by atoms with Crippen molar-refractivity contribution < 1.29 is 9.53 Å². The zero-order valence-electron chi connectivity index (χ0n) is 16.3. The van der Waals surface area contributed by atoms with Crippen molar-refractivity contribution in [1.82, 2.24) is 20.1 Å². The predicted molar refractivity (Wildman–Crippen MR) is 119 cm³/mol. The van der Waals surface area contributed by atoms with Gasteiger partial charge in [0.25, 0.3) is 0 Å². The molecule has 0 radical (unpaired) electrons. The number of nitrogens with one attached hydrogen (secondary N) is 1. The van der Waals surface area contributed by atoms with Crippen LogP contribution in [0.25, 0.3) is 11.4 Å². The summed E-state index contributed by atoms with van der Waals surface area (Å²) in [5.41, 5.74) is 1.92. The molecule has 1 aliphatic heterocycles. The largest absolute Gasteiger partial charge is 0.493 e. The van der Waals surface area contributed by atoms with Crippen molar-refractivity contribution >= 4 is 29.3 Å². The van der Waals surface area contributed by atoms with Crippen LogP contribution in [0.1, 0.15) is 18.0 Å². The van der Waals surface area contributed by atoms with E-state index in [1.54, 1.807) is 6.08 Å². The van der Waals surface area contributed by atoms with Crippen LogP contribution >= 0.6 is 23.4 Å². The van der Waals surface area contributed by atoms with E-state index in [0.29, 0.717) is 29.2 Å². The van der Waals surface area contributed by atoms with Crippen LogP contribution in [-0.4, -0.2) is 33.0 Å². The normalized spacial score (nSPS) is 15.2. The van der Waals surface area contributed by atoms with Crippen LogP contribution in [0, 0.1) is 0 Å². The highest BCUT2D eigenvalue weighted by molar-refractivity contribution is 7.99. The minimum atomic E-state index is -0.0529. The summed E-state index contributed by atoms with van der Waals surface area (Å²) in [5, 5.41) is 13.0. The summed E-state index contributed by atoms with van der Waals surface area (Å²) in [6.07, 6.45) is 2.53. The van der Waals surface area contributed by atoms with Gasteiger partial charge in [-0.2, -0.15) is 0 Å². The van der Waals surface area contributed by atoms with Crippen LogP contribution in [0.4, 0.5) is 0 Å². The van der Waals surface area contributed by atoms with Crippen LogP contribution in [0.2, 0.25) is 5.02 Å². The number of benzene rings is 2. The summed E-state index contributed by atoms with van der Waals surface area (Å²) >= 11 is 7.34. The molecule has 1 amide bonds. The van der Waals surface area contributed by atoms with Crippen molar-refractivity contribution in [2.75, 3.05) is 12.4 Å². The standard InChI is InChI=1S/C22H21ClN4O2S/c1-2-12-27-21(15-7-9-16(23)10-8-15)25-26-22(27)30-14-20(28)24-18-11-13-29-19-6-4-3-5-17(18)19/h2-10,18H,1,11-14H2,(H,24,28). The number of carbonyl (C=O) groups is 1. The van der Waals surface area contributed by atoms with Gasteiger partial charge in [0.2, 0.25) is 5.91 Å². The number of allylic oxidation sites excluding steroid dienone is 1. The first-order valence-electron chi connectivity index (χ1n) is 9.59. The Kier molecular flexibility index (Phi) is 6.40. The lowest BCUT2D eigenvalue weighted by Gasteiger charge is -2.26. The van der Waals surface area contributed by atoms with Crippen molar-refractivity contribution in [2.45, 2.75) is 24.2 Å². The highest BCUT2D eigenvalue weighted by Crippen LogP contribution is 2.32. The lowest BCUT2D eigenvalue weighted by molar-refractivity contribution is -0.119. The quantitative estimate of drug-likeness (QED) is 0.432. The number of nitrogens with zero attached hydrogens (tertiary/aromatic N) is 3. The highest BCUT2D eigenvalue weighted by Gasteiger charge is 2.23. The minimum absolute atomic E-state index is 0.0428. The highest BCUT2D eigenvalue weighted by atomic mass is 35.5. The Hall–Kier alpha value is -2.77. The summed E-state index contributed by atoms with van der Waals surface area (Å²) in [5.74, 6) is 1.74. The Morgan fingerprint density at radius 1 is 1.27 bits per heavy atom. The number of rotatable bonds is 7. The van der Waals surface area contributed by atoms with E-state index < -0.39 is 0 Å². The molecular weight excluding hydrogens is 420 g/mol. The molecular formula is C22H21ClN4O2S. The number of halogens is 1. The average molecular weight is 441 g/mol. The van der Waals surface area contributed by atoms with Gasteiger partial charge in [-0.15, -0.1) is 16.8 Å². The molecule has 3 aromatic rings. The predicted octanol–water partition coefficient (Wildman–Crippen LogP) is 4.52. The zero-order valence-corrected chi connectivity index (χ0v) is 17.8. The Bertz CT molecular complexity index is 1050. The monoisotopic (exact) mass is 440 g/mol. The average Bonchev–Trinajstić information content (AvgIpc) is 3.16. The van der Waals surface area contributed by atoms with Gasteiger partial charge in [-0.1, -0.05) is 47.6 Å². The molecule has 1 aliphatic rings. The molecule has 1 atom stereocenters. The molecule has 2 heterocycles. The summed E-state index contributed by atoms with van der Waals surface area (Å²) < 4.78 is 7.61. The maximum absolute atomic E-state index is 12.6. The van der Waals surface area contributed by atoms with Crippen LogP contribution in [0.3, 0.4) is 0 Å². The molecule has 2 aromatic carbocycles. The third kappa shape index (κ3) is 4.52. The van der Waals surface area contributed by atoms with Gasteiger partial charge in [0.05, 0.1) is 18.4 Å². The Labute approximate surface area is 184 Å². The maximum atomic E-state index is 12.6. The van der Waals surface area contributed by atoms with E-state index in [1.165, 1.54) is 11.8 Å². The Morgan fingerprint density at radius 2 is 2.07 bits per heavy atom. The van der Waals surface area contributed by atoms with Gasteiger partial charge in [0, 0.05) is 29.1 Å². The van der Waals surface area contributed by atoms with Gasteiger partial charge in [0.1, 0.15) is 5.75 Å². The molecule has 0 spiro atoms. The van der Waals surface area contributed by atoms with E-state index in [0.717, 1.165) is 23.3 Å². The van der Waals surface area contributed by atoms with Crippen LogP contribution in [0.5, 0.6) is 5.75 Å². The molecule has 0 saturated carbocycles. The zero-order chi connectivity index (χ0) is 20.9. The molecule has 1 N–H and O–H groups in total. The Balaban J connectivity index is 1.44. The molecule has 0 fully saturated rings. The number of hydrogen-bond acceptors (Lipinski definition) is 5. The maximum Gasteiger partial charge on any atom is 0.230 e. The fourth-order valence-corrected chi connectivity index (χ4v) is 4.24. The van der Waals surface area contributed by atoms with E-state index in [1.807, 2.05) is 53.1 Å². The van der Waals surface area contributed by atoms with Crippen molar-refractivity contribution in [3.05, 3.63) is 71.8 Å². The third-order valence-electron chi connectivity index (χ3n) is 4.76. The summed E-state index contributed by atoms with van der Waals surface area (Å²) in [7, 11) is 0. The summed E-state index contributed by atoms with van der Waals surface area (Å²) in [6, 6.07) is 15.2. The van der Waals surface area contributed by atoms with Gasteiger partial charge in [-0.3, -0.25) is 9.36 Å². The number of para-hydroxylation sites is 1. The van der Waals surface area contributed by atoms with Crippen molar-refractivity contribution in [1.29, 1.82) is 0 Å². The van der Waals surface area contributed by atoms with Gasteiger partial charge in [0.15, 0.2) is 11.0 Å². The van der Waals surface area contributed by atoms with E-state index in [4.69, 9.17) is 16.3 Å². The molecule has 6 nitrogen and oxygen atoms in total. The van der Waals surface area contributed by atoms with Crippen molar-refractivity contribution in [3.8, 4) is 17.1 Å². The molecule has 4 rings (SSSR count). The lowest BCUT2D eigenvalue weighted by Crippen LogP contribution is -2.33. The van der Waals surface area contributed by atoms with E-state index in [9.17, 15) is 4.79 Å². The third-order valence-corrected chi connectivity index (χ3v) is 5.98. The number of thioether (sulfide) groups is 1. The number of fused-ring (bicyclic) bond motifs is 1. The first kappa shape index (κ1) is 20.5. The molecule has 0 aliphatic carbocycles. The second kappa shape index (κ2) is 9.36. The van der Waals surface area contributed by atoms with E-state index in [-0.39, 0.29) is 17.7 Å². The number of hydrogen-bond donors (Lipinski definition) is 1. The second-order valence-corrected chi connectivity index (χ2v) is 8.18. The smallest absolute Gasteiger partial charge is 0.230 e. The first-order valence-corrected chi connectivity index (χ1v) is 11.0. The number of aromatic nitrogens is 3. The lowest BCUT2D eigenvalue weighted by atomic mass is 10.0. The topological polar surface area (TPSA) is 69.0 Å². The SMILES string of the molecule is C=CCn1c(SCC(=O)NC2CCOc3ccccc32)nnc1-c1ccc(Cl)cc1. The number of ether oxygens (including phenoxy) is 1. The van der Waals surface area contributed by atoms with Crippen LogP contribution < -0.4 is 10.1 Å². The molecule has 0 bridgehead atoms. The van der Waals surface area contributed by atoms with Gasteiger partial charge in [-0.05, 0) is 30.3 Å². The summed E-state index contributed by atoms with van der Waals surface area (Å²) in [4.78, 5) is 12.6. The minimum Gasteiger partial charge on any atom is -0.493 e. The Morgan fingerprint density at radius 3 is 2.87 bits per heavy atom. The van der Waals surface area contributed by atoms with Crippen LogP contribution in [-0.2, 0) is 11.3 Å². The molecule has 1 aromatic heterocycles. The molecule has 1 unspecified atom stereocenters. The van der Waals surface area contributed by atoms with Gasteiger partial charge < -0.3 is 10.1 Å². The molecule has 8 heteroatoms. The first-order chi connectivity index (χ1) is 14.7. The molecule has 30 heavy (non-hydrogen) atoms. The fraction of sp³-hybridized carbons (Fsp3) is 0.227. The van der Waals surface area contributed by atoms with E-state index in [2.05, 4.69) is 22.1 Å². The molecule has 0 saturated heterocycles. The van der Waals surface area contributed by atoms with Crippen molar-refractivity contribution in [3.63, 3.8) is 0 Å². The second-order valence-electron chi connectivity index (χ2n) is 6.80. The van der Waals surface area contributed by atoms with Crippen molar-refractivity contribution in [2.24, 2.45) is 0 Å². The summed E-state index contributed by atoms with van der Waals surface area (Å²) in [6.45, 7) is 4.96. The van der Waals surface area contributed by atoms with Gasteiger partial charge in [-0.25, -0.2) is 0 Å².